The topological polar surface area (TPSA) is 99.9 Å². The van der Waals surface area contributed by atoms with E-state index >= 15 is 0 Å². The van der Waals surface area contributed by atoms with E-state index in [1.54, 1.807) is 36.5 Å². The smallest absolute Gasteiger partial charge is 0.272 e. The fraction of sp³-hybridized carbons (Fsp3) is 0.160. The highest BCUT2D eigenvalue weighted by molar-refractivity contribution is 5.92. The van der Waals surface area contributed by atoms with E-state index in [0.29, 0.717) is 34.0 Å². The van der Waals surface area contributed by atoms with Gasteiger partial charge in [-0.2, -0.15) is 5.10 Å². The van der Waals surface area contributed by atoms with Gasteiger partial charge in [0.1, 0.15) is 41.8 Å². The number of hydrogen-bond donors (Lipinski definition) is 1. The van der Waals surface area contributed by atoms with E-state index in [1.807, 2.05) is 0 Å². The van der Waals surface area contributed by atoms with Gasteiger partial charge in [-0.05, 0) is 12.1 Å². The molecule has 0 amide bonds. The van der Waals surface area contributed by atoms with Crippen molar-refractivity contribution in [3.63, 3.8) is 0 Å². The lowest BCUT2D eigenvalue weighted by molar-refractivity contribution is 0.0815. The van der Waals surface area contributed by atoms with Crippen LogP contribution in [0.1, 0.15) is 5.56 Å². The highest BCUT2D eigenvalue weighted by Gasteiger charge is 2.20. The fourth-order valence-corrected chi connectivity index (χ4v) is 3.75. The van der Waals surface area contributed by atoms with Crippen LogP contribution in [-0.4, -0.2) is 49.9 Å². The molecule has 0 fully saturated rings. The molecule has 13 heteroatoms. The average molecular weight is 525 g/mol. The zero-order valence-electron chi connectivity index (χ0n) is 19.8. The third-order valence-corrected chi connectivity index (χ3v) is 5.47. The van der Waals surface area contributed by atoms with E-state index in [9.17, 15) is 17.6 Å². The summed E-state index contributed by atoms with van der Waals surface area (Å²) in [6.07, 6.45) is 1.64. The quantitative estimate of drug-likeness (QED) is 0.268. The van der Waals surface area contributed by atoms with E-state index < -0.39 is 24.7 Å². The third kappa shape index (κ3) is 5.16. The van der Waals surface area contributed by atoms with E-state index in [0.717, 1.165) is 12.1 Å². The third-order valence-electron chi connectivity index (χ3n) is 5.47. The number of nitrogens with one attached hydrogen (secondary N) is 1. The summed E-state index contributed by atoms with van der Waals surface area (Å²) in [6, 6.07) is 10.5. The summed E-state index contributed by atoms with van der Waals surface area (Å²) in [4.78, 5) is 16.9. The Bertz CT molecular complexity index is 1560. The van der Waals surface area contributed by atoms with Crippen LogP contribution in [0.15, 0.2) is 61.2 Å². The van der Waals surface area contributed by atoms with Gasteiger partial charge in [-0.1, -0.05) is 18.2 Å². The lowest BCUT2D eigenvalue weighted by Crippen LogP contribution is -2.10. The molecule has 0 aliphatic rings. The van der Waals surface area contributed by atoms with Crippen LogP contribution in [0.5, 0.6) is 11.5 Å². The number of aromatic nitrogens is 6. The number of fused-ring (bicyclic) bond motifs is 1. The minimum Gasteiger partial charge on any atom is -0.491 e. The van der Waals surface area contributed by atoms with Crippen molar-refractivity contribution in [3.8, 4) is 23.0 Å². The highest BCUT2D eigenvalue weighted by atomic mass is 19.3. The van der Waals surface area contributed by atoms with Gasteiger partial charge in [-0.3, -0.25) is 4.68 Å². The minimum absolute atomic E-state index is 0.231. The number of ether oxygens (including phenoxy) is 2. The molecule has 0 saturated heterocycles. The molecule has 0 bridgehead atoms. The zero-order valence-corrected chi connectivity index (χ0v) is 19.8. The molecule has 9 nitrogen and oxygen atoms in total. The van der Waals surface area contributed by atoms with Crippen LogP contribution in [0, 0.1) is 11.6 Å². The molecule has 0 aliphatic carbocycles. The lowest BCUT2D eigenvalue weighted by atomic mass is 10.1. The maximum Gasteiger partial charge on any atom is 0.272 e. The summed E-state index contributed by atoms with van der Waals surface area (Å²) in [7, 11) is 1.47. The summed E-state index contributed by atoms with van der Waals surface area (Å²) in [6.45, 7) is -1.25. The SMILES string of the molecule is COc1cnc(-c2nn(Cc3c(F)cc(OCC(F)F)cc3F)c3ccccc23)nc1Nc1ccncn1. The van der Waals surface area contributed by atoms with Gasteiger partial charge < -0.3 is 14.8 Å². The van der Waals surface area contributed by atoms with E-state index in [4.69, 9.17) is 9.47 Å². The Morgan fingerprint density at radius 1 is 1.05 bits per heavy atom. The maximum absolute atomic E-state index is 14.8. The first-order valence-electron chi connectivity index (χ1n) is 11.2. The Morgan fingerprint density at radius 3 is 2.55 bits per heavy atom. The van der Waals surface area contributed by atoms with Gasteiger partial charge in [0.05, 0.1) is 25.4 Å². The molecule has 194 valence electrons. The number of methoxy groups -OCH3 is 1. The van der Waals surface area contributed by atoms with Crippen LogP contribution in [0.3, 0.4) is 0 Å². The molecule has 0 atom stereocenters. The van der Waals surface area contributed by atoms with Crippen LogP contribution in [-0.2, 0) is 6.54 Å². The molecule has 0 saturated carbocycles. The van der Waals surface area contributed by atoms with Gasteiger partial charge >= 0.3 is 0 Å². The molecule has 0 aliphatic heterocycles. The van der Waals surface area contributed by atoms with Crippen LogP contribution in [0.25, 0.3) is 22.4 Å². The van der Waals surface area contributed by atoms with Gasteiger partial charge in [-0.25, -0.2) is 37.5 Å². The van der Waals surface area contributed by atoms with Crippen molar-refractivity contribution in [1.29, 1.82) is 0 Å². The molecular weight excluding hydrogens is 506 g/mol. The monoisotopic (exact) mass is 525 g/mol. The summed E-state index contributed by atoms with van der Waals surface area (Å²) in [5.74, 6) is -0.842. The largest absolute Gasteiger partial charge is 0.491 e. The number of hydrogen-bond acceptors (Lipinski definition) is 8. The molecular formula is C25H19F4N7O2. The number of benzene rings is 2. The molecule has 38 heavy (non-hydrogen) atoms. The van der Waals surface area contributed by atoms with E-state index in [1.165, 1.54) is 24.3 Å². The molecule has 0 unspecified atom stereocenters. The minimum atomic E-state index is -2.77. The molecule has 5 aromatic rings. The number of para-hydroxylation sites is 1. The lowest BCUT2D eigenvalue weighted by Gasteiger charge is -2.10. The predicted molar refractivity (Wildman–Crippen MR) is 130 cm³/mol. The van der Waals surface area contributed by atoms with Crippen molar-refractivity contribution in [1.82, 2.24) is 29.7 Å². The Kier molecular flexibility index (Phi) is 6.98. The predicted octanol–water partition coefficient (Wildman–Crippen LogP) is 5.01. The first-order chi connectivity index (χ1) is 18.4. The van der Waals surface area contributed by atoms with Crippen LogP contribution in [0.4, 0.5) is 29.2 Å². The molecule has 3 heterocycles. The molecule has 3 aromatic heterocycles. The molecule has 2 aromatic carbocycles. The number of halogens is 4. The second-order valence-corrected chi connectivity index (χ2v) is 7.92. The van der Waals surface area contributed by atoms with Gasteiger partial charge in [0.2, 0.25) is 0 Å². The van der Waals surface area contributed by atoms with Crippen LogP contribution in [0.2, 0.25) is 0 Å². The van der Waals surface area contributed by atoms with Crippen molar-refractivity contribution >= 4 is 22.5 Å². The van der Waals surface area contributed by atoms with Crippen molar-refractivity contribution in [2.45, 2.75) is 13.0 Å². The maximum atomic E-state index is 14.8. The van der Waals surface area contributed by atoms with Crippen LogP contribution >= 0.6 is 0 Å². The second kappa shape index (κ2) is 10.7. The Labute approximate surface area is 213 Å². The number of alkyl halides is 2. The Morgan fingerprint density at radius 2 is 1.84 bits per heavy atom. The van der Waals surface area contributed by atoms with E-state index in [-0.39, 0.29) is 23.7 Å². The van der Waals surface area contributed by atoms with Crippen molar-refractivity contribution in [3.05, 3.63) is 78.4 Å². The number of nitrogens with zero attached hydrogens (tertiary/aromatic N) is 6. The van der Waals surface area contributed by atoms with Gasteiger partial charge in [0.15, 0.2) is 17.4 Å². The zero-order chi connectivity index (χ0) is 26.6. The molecule has 5 rings (SSSR count). The number of anilines is 2. The Hall–Kier alpha value is -4.81. The molecule has 0 spiro atoms. The first kappa shape index (κ1) is 24.9. The molecule has 0 radical (unpaired) electrons. The highest BCUT2D eigenvalue weighted by Crippen LogP contribution is 2.31. The van der Waals surface area contributed by atoms with Crippen molar-refractivity contribution < 1.29 is 27.0 Å². The van der Waals surface area contributed by atoms with Crippen molar-refractivity contribution in [2.75, 3.05) is 19.0 Å². The summed E-state index contributed by atoms with van der Waals surface area (Å²) in [5.41, 5.74) is 0.631. The van der Waals surface area contributed by atoms with E-state index in [2.05, 4.69) is 30.4 Å². The molecule has 1 N–H and O–H groups in total. The summed E-state index contributed by atoms with van der Waals surface area (Å²) in [5, 5.41) is 8.24. The first-order valence-corrected chi connectivity index (χ1v) is 11.2. The fourth-order valence-electron chi connectivity index (χ4n) is 3.75. The van der Waals surface area contributed by atoms with Crippen molar-refractivity contribution in [2.24, 2.45) is 0 Å². The normalized spacial score (nSPS) is 11.2. The second-order valence-electron chi connectivity index (χ2n) is 7.92. The van der Waals surface area contributed by atoms with Crippen LogP contribution < -0.4 is 14.8 Å². The van der Waals surface area contributed by atoms with Gasteiger partial charge in [-0.15, -0.1) is 0 Å². The average Bonchev–Trinajstić information content (AvgIpc) is 3.28. The number of rotatable bonds is 9. The van der Waals surface area contributed by atoms with Gasteiger partial charge in [0.25, 0.3) is 6.43 Å². The Balaban J connectivity index is 1.52. The standard InChI is InChI=1S/C25H19F4N7O2/c1-37-20-10-31-25(34-24(20)33-22-6-7-30-13-32-22)23-15-4-2-3-5-19(15)36(35-23)11-16-17(26)8-14(9-18(16)27)38-12-21(28)29/h2-10,13,21H,11-12H2,1H3,(H,30,31,32,33,34). The summed E-state index contributed by atoms with van der Waals surface area (Å²) >= 11 is 0. The summed E-state index contributed by atoms with van der Waals surface area (Å²) < 4.78 is 65.9. The van der Waals surface area contributed by atoms with Gasteiger partial charge in [0, 0.05) is 29.3 Å².